The van der Waals surface area contributed by atoms with E-state index in [1.807, 2.05) is 0 Å². The Kier molecular flexibility index (Phi) is 5.18. The number of aromatic nitrogens is 2. The number of fused-ring (bicyclic) bond motifs is 1. The highest BCUT2D eigenvalue weighted by molar-refractivity contribution is 7.99. The molecule has 3 aliphatic rings. The van der Waals surface area contributed by atoms with E-state index in [1.54, 1.807) is 24.4 Å². The highest BCUT2D eigenvalue weighted by atomic mass is 32.2. The van der Waals surface area contributed by atoms with Gasteiger partial charge in [-0.15, -0.1) is 0 Å². The summed E-state index contributed by atoms with van der Waals surface area (Å²) in [5.74, 6) is -1.83. The number of piperidine rings is 1. The second-order valence-electron chi connectivity index (χ2n) is 8.42. The van der Waals surface area contributed by atoms with Crippen molar-refractivity contribution in [1.29, 1.82) is 0 Å². The van der Waals surface area contributed by atoms with Crippen LogP contribution < -0.4 is 21.1 Å². The van der Waals surface area contributed by atoms with Crippen LogP contribution in [-0.2, 0) is 10.7 Å². The molecule has 1 atom stereocenters. The van der Waals surface area contributed by atoms with E-state index in [2.05, 4.69) is 14.9 Å². The van der Waals surface area contributed by atoms with Crippen LogP contribution in [0.15, 0.2) is 34.3 Å². The van der Waals surface area contributed by atoms with Crippen molar-refractivity contribution in [2.45, 2.75) is 41.1 Å². The van der Waals surface area contributed by atoms with Gasteiger partial charge in [0.25, 0.3) is 5.92 Å². The number of nitrogen functional groups attached to an aromatic ring is 1. The molecule has 5 rings (SSSR count). The molecule has 2 fully saturated rings. The smallest absolute Gasteiger partial charge is 0.281 e. The van der Waals surface area contributed by atoms with Gasteiger partial charge in [-0.3, -0.25) is 0 Å². The molecule has 166 valence electrons. The summed E-state index contributed by atoms with van der Waals surface area (Å²) >= 11 is 1.09. The molecule has 0 bridgehead atoms. The first kappa shape index (κ1) is 20.7. The number of anilines is 2. The second kappa shape index (κ2) is 7.75. The number of hydrogen-bond acceptors (Lipinski definition) is 8. The summed E-state index contributed by atoms with van der Waals surface area (Å²) in [6.07, 6.45) is 3.17. The van der Waals surface area contributed by atoms with Gasteiger partial charge in [-0.25, -0.2) is 18.7 Å². The van der Waals surface area contributed by atoms with Gasteiger partial charge in [0.2, 0.25) is 0 Å². The summed E-state index contributed by atoms with van der Waals surface area (Å²) in [5.41, 5.74) is 12.4. The highest BCUT2D eigenvalue weighted by Crippen LogP contribution is 2.48. The van der Waals surface area contributed by atoms with Crippen LogP contribution >= 0.6 is 11.8 Å². The fourth-order valence-corrected chi connectivity index (χ4v) is 5.54. The van der Waals surface area contributed by atoms with Crippen LogP contribution in [0, 0.1) is 5.41 Å². The van der Waals surface area contributed by atoms with Crippen LogP contribution in [0.5, 0.6) is 5.75 Å². The monoisotopic (exact) mass is 449 g/mol. The summed E-state index contributed by atoms with van der Waals surface area (Å²) < 4.78 is 40.1. The van der Waals surface area contributed by atoms with Gasteiger partial charge < -0.3 is 25.8 Å². The normalized spacial score (nSPS) is 24.1. The Balaban J connectivity index is 1.34. The minimum atomic E-state index is -2.95. The molecule has 10 heteroatoms. The molecular weight excluding hydrogens is 424 g/mol. The summed E-state index contributed by atoms with van der Waals surface area (Å²) in [4.78, 5) is 11.5. The lowest BCUT2D eigenvalue weighted by Crippen LogP contribution is -2.49. The van der Waals surface area contributed by atoms with Gasteiger partial charge in [0.15, 0.2) is 5.82 Å². The molecule has 7 nitrogen and oxygen atoms in total. The van der Waals surface area contributed by atoms with Crippen molar-refractivity contribution in [3.63, 3.8) is 0 Å². The lowest BCUT2D eigenvalue weighted by atomic mass is 9.75. The number of hydrogen-bond donors (Lipinski definition) is 2. The number of rotatable bonds is 3. The van der Waals surface area contributed by atoms with E-state index in [0.29, 0.717) is 29.0 Å². The SMILES string of the molecule is Nc1nc(N2CCC3(CC2)COCC3N)cnc1Sc1cccc2c1C(F)(F)CCO2. The maximum Gasteiger partial charge on any atom is 0.281 e. The zero-order valence-corrected chi connectivity index (χ0v) is 17.8. The summed E-state index contributed by atoms with van der Waals surface area (Å²) in [6, 6.07) is 4.97. The molecule has 0 aliphatic carbocycles. The number of benzene rings is 1. The zero-order valence-electron chi connectivity index (χ0n) is 17.0. The van der Waals surface area contributed by atoms with Crippen molar-refractivity contribution in [2.24, 2.45) is 11.1 Å². The van der Waals surface area contributed by atoms with Gasteiger partial charge >= 0.3 is 0 Å². The molecule has 4 N–H and O–H groups in total. The fraction of sp³-hybridized carbons (Fsp3) is 0.524. The Hall–Kier alpha value is -2.17. The van der Waals surface area contributed by atoms with E-state index in [4.69, 9.17) is 20.9 Å². The van der Waals surface area contributed by atoms with Crippen molar-refractivity contribution in [1.82, 2.24) is 9.97 Å². The van der Waals surface area contributed by atoms with Crippen molar-refractivity contribution in [2.75, 3.05) is 43.5 Å². The van der Waals surface area contributed by atoms with E-state index in [9.17, 15) is 8.78 Å². The Morgan fingerprint density at radius 1 is 1.19 bits per heavy atom. The van der Waals surface area contributed by atoms with Gasteiger partial charge in [-0.05, 0) is 25.0 Å². The summed E-state index contributed by atoms with van der Waals surface area (Å²) in [7, 11) is 0. The predicted octanol–water partition coefficient (Wildman–Crippen LogP) is 3.03. The second-order valence-corrected chi connectivity index (χ2v) is 9.45. The summed E-state index contributed by atoms with van der Waals surface area (Å²) in [5, 5.41) is 0.401. The Morgan fingerprint density at radius 2 is 2.00 bits per heavy atom. The molecule has 3 aliphatic heterocycles. The first-order chi connectivity index (χ1) is 14.9. The number of alkyl halides is 2. The molecule has 1 spiro atoms. The Labute approximate surface area is 183 Å². The third kappa shape index (κ3) is 3.70. The number of ether oxygens (including phenoxy) is 2. The Morgan fingerprint density at radius 3 is 2.71 bits per heavy atom. The number of nitrogens with zero attached hydrogens (tertiary/aromatic N) is 3. The van der Waals surface area contributed by atoms with E-state index >= 15 is 0 Å². The van der Waals surface area contributed by atoms with Gasteiger partial charge in [-0.1, -0.05) is 17.8 Å². The fourth-order valence-electron chi connectivity index (χ4n) is 4.58. The van der Waals surface area contributed by atoms with Gasteiger partial charge in [0.1, 0.15) is 16.6 Å². The first-order valence-corrected chi connectivity index (χ1v) is 11.2. The predicted molar refractivity (Wildman–Crippen MR) is 114 cm³/mol. The van der Waals surface area contributed by atoms with Gasteiger partial charge in [-0.2, -0.15) is 0 Å². The quantitative estimate of drug-likeness (QED) is 0.738. The molecule has 1 aromatic heterocycles. The molecule has 31 heavy (non-hydrogen) atoms. The van der Waals surface area contributed by atoms with Gasteiger partial charge in [0, 0.05) is 29.4 Å². The standard InChI is InChI=1S/C21H25F2N5O2S/c22-21(23)6-9-30-13-2-1-3-14(17(13)21)31-19-18(25)27-16(10-26-19)28-7-4-20(5-8-28)12-29-11-15(20)24/h1-3,10,15H,4-9,11-12,24H2,(H2,25,27). The number of halogens is 2. The van der Waals surface area contributed by atoms with E-state index < -0.39 is 5.92 Å². The van der Waals surface area contributed by atoms with Crippen molar-refractivity contribution in [3.8, 4) is 5.75 Å². The average Bonchev–Trinajstić information content (AvgIpc) is 3.09. The van der Waals surface area contributed by atoms with Crippen LogP contribution in [0.25, 0.3) is 0 Å². The van der Waals surface area contributed by atoms with E-state index in [-0.39, 0.29) is 41.6 Å². The van der Waals surface area contributed by atoms with Crippen LogP contribution in [0.2, 0.25) is 0 Å². The van der Waals surface area contributed by atoms with Crippen LogP contribution in [-0.4, -0.2) is 48.9 Å². The third-order valence-corrected chi connectivity index (χ3v) is 7.61. The third-order valence-electron chi connectivity index (χ3n) is 6.54. The maximum absolute atomic E-state index is 14.5. The van der Waals surface area contributed by atoms with Crippen LogP contribution in [0.4, 0.5) is 20.4 Å². The molecule has 1 unspecified atom stereocenters. The first-order valence-electron chi connectivity index (χ1n) is 10.4. The van der Waals surface area contributed by atoms with Crippen molar-refractivity contribution in [3.05, 3.63) is 30.0 Å². The molecule has 4 heterocycles. The number of nitrogens with two attached hydrogens (primary N) is 2. The van der Waals surface area contributed by atoms with Crippen LogP contribution in [0.1, 0.15) is 24.8 Å². The molecule has 0 amide bonds. The Bertz CT molecular complexity index is 984. The van der Waals surface area contributed by atoms with Gasteiger partial charge in [0.05, 0.1) is 38.0 Å². The molecule has 2 aromatic rings. The molecular formula is C21H25F2N5O2S. The minimum Gasteiger partial charge on any atom is -0.493 e. The maximum atomic E-state index is 14.5. The zero-order chi connectivity index (χ0) is 21.6. The molecule has 2 saturated heterocycles. The largest absolute Gasteiger partial charge is 0.493 e. The molecule has 0 radical (unpaired) electrons. The lowest BCUT2D eigenvalue weighted by molar-refractivity contribution is -0.0432. The van der Waals surface area contributed by atoms with Crippen molar-refractivity contribution < 1.29 is 18.3 Å². The topological polar surface area (TPSA) is 99.5 Å². The highest BCUT2D eigenvalue weighted by Gasteiger charge is 2.44. The van der Waals surface area contributed by atoms with E-state index in [0.717, 1.165) is 37.7 Å². The molecule has 1 aromatic carbocycles. The summed E-state index contributed by atoms with van der Waals surface area (Å²) in [6.45, 7) is 2.92. The lowest BCUT2D eigenvalue weighted by Gasteiger charge is -2.41. The minimum absolute atomic E-state index is 0.00108. The molecule has 0 saturated carbocycles. The van der Waals surface area contributed by atoms with E-state index in [1.165, 1.54) is 0 Å². The average molecular weight is 450 g/mol. The van der Waals surface area contributed by atoms with Crippen LogP contribution in [0.3, 0.4) is 0 Å². The van der Waals surface area contributed by atoms with Crippen molar-refractivity contribution >= 4 is 23.4 Å².